The molecular weight excluding hydrogens is 251 g/mol. The molecule has 0 aliphatic carbocycles. The van der Waals surface area contributed by atoms with Gasteiger partial charge in [-0.1, -0.05) is 12.1 Å². The summed E-state index contributed by atoms with van der Waals surface area (Å²) in [6.07, 6.45) is 1.71. The second-order valence-corrected chi connectivity index (χ2v) is 5.14. The molecule has 0 bridgehead atoms. The SMILES string of the molecule is CN(CCSc1cn[nH]n1)Cc1ccc(F)cc1. The molecule has 0 saturated heterocycles. The van der Waals surface area contributed by atoms with Gasteiger partial charge in [0, 0.05) is 18.8 Å². The van der Waals surface area contributed by atoms with Gasteiger partial charge in [-0.25, -0.2) is 4.39 Å². The van der Waals surface area contributed by atoms with Crippen LogP contribution in [0.15, 0.2) is 35.5 Å². The lowest BCUT2D eigenvalue weighted by Crippen LogP contribution is -2.20. The summed E-state index contributed by atoms with van der Waals surface area (Å²) in [5, 5.41) is 11.2. The van der Waals surface area contributed by atoms with Gasteiger partial charge < -0.3 is 4.90 Å². The quantitative estimate of drug-likeness (QED) is 0.814. The zero-order valence-corrected chi connectivity index (χ0v) is 11.0. The van der Waals surface area contributed by atoms with E-state index in [1.54, 1.807) is 18.0 Å². The standard InChI is InChI=1S/C12H15FN4S/c1-17(6-7-18-12-8-14-16-15-12)9-10-2-4-11(13)5-3-10/h2-5,8H,6-7,9H2,1H3,(H,14,15,16). The first-order valence-corrected chi connectivity index (χ1v) is 6.64. The lowest BCUT2D eigenvalue weighted by atomic mass is 10.2. The van der Waals surface area contributed by atoms with Crippen LogP contribution < -0.4 is 0 Å². The van der Waals surface area contributed by atoms with Crippen LogP contribution >= 0.6 is 11.8 Å². The average Bonchev–Trinajstić information content (AvgIpc) is 2.85. The van der Waals surface area contributed by atoms with E-state index in [1.807, 2.05) is 19.2 Å². The number of nitrogens with zero attached hydrogens (tertiary/aromatic N) is 3. The first-order valence-electron chi connectivity index (χ1n) is 5.65. The van der Waals surface area contributed by atoms with Crippen molar-refractivity contribution in [2.75, 3.05) is 19.3 Å². The summed E-state index contributed by atoms with van der Waals surface area (Å²) in [4.78, 5) is 2.19. The van der Waals surface area contributed by atoms with E-state index >= 15 is 0 Å². The zero-order valence-electron chi connectivity index (χ0n) is 10.1. The molecule has 18 heavy (non-hydrogen) atoms. The van der Waals surface area contributed by atoms with Crippen molar-refractivity contribution in [1.29, 1.82) is 0 Å². The molecule has 0 fully saturated rings. The summed E-state index contributed by atoms with van der Waals surface area (Å²) >= 11 is 1.66. The van der Waals surface area contributed by atoms with Crippen LogP contribution in [0, 0.1) is 5.82 Å². The van der Waals surface area contributed by atoms with Crippen LogP contribution in [0.4, 0.5) is 4.39 Å². The van der Waals surface area contributed by atoms with Crippen LogP contribution in [0.5, 0.6) is 0 Å². The number of halogens is 1. The van der Waals surface area contributed by atoms with Gasteiger partial charge in [0.25, 0.3) is 0 Å². The fourth-order valence-electron chi connectivity index (χ4n) is 1.55. The lowest BCUT2D eigenvalue weighted by molar-refractivity contribution is 0.348. The Morgan fingerprint density at radius 3 is 2.78 bits per heavy atom. The van der Waals surface area contributed by atoms with Crippen molar-refractivity contribution in [2.45, 2.75) is 11.6 Å². The fourth-order valence-corrected chi connectivity index (χ4v) is 2.39. The maximum Gasteiger partial charge on any atom is 0.138 e. The van der Waals surface area contributed by atoms with Crippen molar-refractivity contribution in [3.63, 3.8) is 0 Å². The molecule has 96 valence electrons. The van der Waals surface area contributed by atoms with E-state index < -0.39 is 0 Å². The van der Waals surface area contributed by atoms with Gasteiger partial charge in [-0.2, -0.15) is 10.3 Å². The zero-order chi connectivity index (χ0) is 12.8. The van der Waals surface area contributed by atoms with Gasteiger partial charge in [-0.15, -0.1) is 16.9 Å². The minimum Gasteiger partial charge on any atom is -0.301 e. The van der Waals surface area contributed by atoms with Crippen LogP contribution in [0.3, 0.4) is 0 Å². The molecule has 2 aromatic rings. The van der Waals surface area contributed by atoms with Crippen molar-refractivity contribution >= 4 is 11.8 Å². The highest BCUT2D eigenvalue weighted by Crippen LogP contribution is 2.13. The summed E-state index contributed by atoms with van der Waals surface area (Å²) in [6, 6.07) is 6.62. The molecular formula is C12H15FN4S. The Morgan fingerprint density at radius 2 is 2.11 bits per heavy atom. The van der Waals surface area contributed by atoms with E-state index in [0.29, 0.717) is 0 Å². The van der Waals surface area contributed by atoms with Crippen molar-refractivity contribution in [2.24, 2.45) is 0 Å². The van der Waals surface area contributed by atoms with Crippen molar-refractivity contribution in [3.8, 4) is 0 Å². The number of rotatable bonds is 6. The Hall–Kier alpha value is -1.40. The number of hydrogen-bond acceptors (Lipinski definition) is 4. The molecule has 0 radical (unpaired) electrons. The van der Waals surface area contributed by atoms with E-state index in [1.165, 1.54) is 12.1 Å². The Labute approximate surface area is 110 Å². The number of nitrogens with one attached hydrogen (secondary N) is 1. The molecule has 2 rings (SSSR count). The molecule has 0 spiro atoms. The highest BCUT2D eigenvalue weighted by atomic mass is 32.2. The molecule has 6 heteroatoms. The predicted molar refractivity (Wildman–Crippen MR) is 69.8 cm³/mol. The number of H-pyrrole nitrogens is 1. The molecule has 0 saturated carbocycles. The summed E-state index contributed by atoms with van der Waals surface area (Å²) in [7, 11) is 2.05. The van der Waals surface area contributed by atoms with E-state index in [0.717, 1.165) is 29.4 Å². The Morgan fingerprint density at radius 1 is 1.33 bits per heavy atom. The Kier molecular flexibility index (Phi) is 4.72. The number of aromatic nitrogens is 3. The van der Waals surface area contributed by atoms with Gasteiger partial charge in [-0.3, -0.25) is 0 Å². The molecule has 0 unspecified atom stereocenters. The van der Waals surface area contributed by atoms with Gasteiger partial charge >= 0.3 is 0 Å². The second kappa shape index (κ2) is 6.51. The third kappa shape index (κ3) is 4.12. The van der Waals surface area contributed by atoms with Crippen molar-refractivity contribution < 1.29 is 4.39 Å². The van der Waals surface area contributed by atoms with E-state index in [9.17, 15) is 4.39 Å². The predicted octanol–water partition coefficient (Wildman–Crippen LogP) is 2.17. The third-order valence-corrected chi connectivity index (χ3v) is 3.36. The first kappa shape index (κ1) is 13.0. The minimum atomic E-state index is -0.192. The maximum atomic E-state index is 12.8. The minimum absolute atomic E-state index is 0.192. The first-order chi connectivity index (χ1) is 8.74. The molecule has 1 aromatic carbocycles. The molecule has 1 heterocycles. The molecule has 0 aliphatic rings. The largest absolute Gasteiger partial charge is 0.301 e. The monoisotopic (exact) mass is 266 g/mol. The topological polar surface area (TPSA) is 44.8 Å². The van der Waals surface area contributed by atoms with Gasteiger partial charge in [0.1, 0.15) is 10.8 Å². The Bertz CT molecular complexity index is 457. The van der Waals surface area contributed by atoms with Gasteiger partial charge in [-0.05, 0) is 24.7 Å². The molecule has 0 amide bonds. The lowest BCUT2D eigenvalue weighted by Gasteiger charge is -2.15. The molecule has 1 N–H and O–H groups in total. The van der Waals surface area contributed by atoms with Crippen LogP contribution in [0.2, 0.25) is 0 Å². The second-order valence-electron chi connectivity index (χ2n) is 4.02. The van der Waals surface area contributed by atoms with Crippen LogP contribution in [-0.4, -0.2) is 39.7 Å². The van der Waals surface area contributed by atoms with Crippen LogP contribution in [0.1, 0.15) is 5.56 Å². The van der Waals surface area contributed by atoms with E-state index in [-0.39, 0.29) is 5.82 Å². The molecule has 4 nitrogen and oxygen atoms in total. The van der Waals surface area contributed by atoms with Gasteiger partial charge in [0.05, 0.1) is 6.20 Å². The fraction of sp³-hybridized carbons (Fsp3) is 0.333. The number of benzene rings is 1. The van der Waals surface area contributed by atoms with Gasteiger partial charge in [0.2, 0.25) is 0 Å². The summed E-state index contributed by atoms with van der Waals surface area (Å²) < 4.78 is 12.8. The summed E-state index contributed by atoms with van der Waals surface area (Å²) in [5.41, 5.74) is 1.12. The van der Waals surface area contributed by atoms with Gasteiger partial charge in [0.15, 0.2) is 0 Å². The van der Waals surface area contributed by atoms with Crippen molar-refractivity contribution in [3.05, 3.63) is 41.8 Å². The van der Waals surface area contributed by atoms with Crippen LogP contribution in [0.25, 0.3) is 0 Å². The number of hydrogen-bond donors (Lipinski definition) is 1. The Balaban J connectivity index is 1.71. The molecule has 1 aromatic heterocycles. The maximum absolute atomic E-state index is 12.8. The normalized spacial score (nSPS) is 11.1. The van der Waals surface area contributed by atoms with E-state index in [4.69, 9.17) is 0 Å². The van der Waals surface area contributed by atoms with E-state index in [2.05, 4.69) is 20.3 Å². The van der Waals surface area contributed by atoms with Crippen LogP contribution in [-0.2, 0) is 6.54 Å². The molecule has 0 aliphatic heterocycles. The summed E-state index contributed by atoms with van der Waals surface area (Å²) in [6.45, 7) is 1.76. The average molecular weight is 266 g/mol. The highest BCUT2D eigenvalue weighted by molar-refractivity contribution is 7.99. The summed E-state index contributed by atoms with van der Waals surface area (Å²) in [5.74, 6) is 0.757. The third-order valence-electron chi connectivity index (χ3n) is 2.48. The molecule has 0 atom stereocenters. The number of aromatic amines is 1. The highest BCUT2D eigenvalue weighted by Gasteiger charge is 2.02. The number of thioether (sulfide) groups is 1. The van der Waals surface area contributed by atoms with Crippen molar-refractivity contribution in [1.82, 2.24) is 20.3 Å². The smallest absolute Gasteiger partial charge is 0.138 e.